The smallest absolute Gasteiger partial charge is 0.251 e. The standard InChI is InChI=1S/C13H18ClNO2S/c1-3-18-7-6-9(2)15-13(17)10-4-5-12(16)11(14)8-10/h4-5,8-9,16H,3,6-7H2,1-2H3,(H,15,17). The molecule has 0 saturated carbocycles. The van der Waals surface area contributed by atoms with Crippen LogP contribution in [0.2, 0.25) is 5.02 Å². The Morgan fingerprint density at radius 2 is 2.28 bits per heavy atom. The number of rotatable bonds is 6. The van der Waals surface area contributed by atoms with Crippen molar-refractivity contribution in [2.24, 2.45) is 0 Å². The fraction of sp³-hybridized carbons (Fsp3) is 0.462. The molecule has 18 heavy (non-hydrogen) atoms. The molecule has 0 aromatic heterocycles. The number of benzene rings is 1. The maximum Gasteiger partial charge on any atom is 0.251 e. The van der Waals surface area contributed by atoms with Crippen LogP contribution >= 0.6 is 23.4 Å². The molecule has 0 aliphatic heterocycles. The van der Waals surface area contributed by atoms with Gasteiger partial charge in [-0.25, -0.2) is 0 Å². The Kier molecular flexibility index (Phi) is 6.36. The summed E-state index contributed by atoms with van der Waals surface area (Å²) in [5.74, 6) is 1.95. The van der Waals surface area contributed by atoms with Crippen LogP contribution in [0.1, 0.15) is 30.6 Å². The van der Waals surface area contributed by atoms with Crippen molar-refractivity contribution in [3.63, 3.8) is 0 Å². The first kappa shape index (κ1) is 15.2. The highest BCUT2D eigenvalue weighted by Gasteiger charge is 2.11. The lowest BCUT2D eigenvalue weighted by atomic mass is 10.2. The van der Waals surface area contributed by atoms with Crippen LogP contribution in [0.5, 0.6) is 5.75 Å². The predicted octanol–water partition coefficient (Wildman–Crippen LogP) is 3.31. The minimum Gasteiger partial charge on any atom is -0.506 e. The summed E-state index contributed by atoms with van der Waals surface area (Å²) >= 11 is 7.62. The molecule has 1 aromatic rings. The minimum absolute atomic E-state index is 0.0133. The molecule has 0 aliphatic carbocycles. The normalized spacial score (nSPS) is 12.2. The SMILES string of the molecule is CCSCCC(C)NC(=O)c1ccc(O)c(Cl)c1. The number of halogens is 1. The van der Waals surface area contributed by atoms with Gasteiger partial charge in [0.2, 0.25) is 0 Å². The number of nitrogens with one attached hydrogen (secondary N) is 1. The summed E-state index contributed by atoms with van der Waals surface area (Å²) in [5, 5.41) is 12.4. The quantitative estimate of drug-likeness (QED) is 0.789. The van der Waals surface area contributed by atoms with Crippen molar-refractivity contribution in [2.45, 2.75) is 26.3 Å². The van der Waals surface area contributed by atoms with Crippen molar-refractivity contribution in [1.82, 2.24) is 5.32 Å². The highest BCUT2D eigenvalue weighted by atomic mass is 35.5. The molecule has 0 spiro atoms. The van der Waals surface area contributed by atoms with Gasteiger partial charge in [0.15, 0.2) is 0 Å². The zero-order valence-electron chi connectivity index (χ0n) is 10.6. The summed E-state index contributed by atoms with van der Waals surface area (Å²) in [6.45, 7) is 4.10. The van der Waals surface area contributed by atoms with E-state index in [4.69, 9.17) is 11.6 Å². The van der Waals surface area contributed by atoms with Gasteiger partial charge in [-0.1, -0.05) is 18.5 Å². The van der Waals surface area contributed by atoms with Crippen molar-refractivity contribution >= 4 is 29.3 Å². The molecular formula is C13H18ClNO2S. The summed E-state index contributed by atoms with van der Waals surface area (Å²) in [6.07, 6.45) is 0.941. The number of aromatic hydroxyl groups is 1. The lowest BCUT2D eigenvalue weighted by Gasteiger charge is -2.13. The Bertz CT molecular complexity index is 412. The number of thioether (sulfide) groups is 1. The third-order valence-corrected chi connectivity index (χ3v) is 3.72. The first-order valence-electron chi connectivity index (χ1n) is 5.91. The molecule has 3 nitrogen and oxygen atoms in total. The van der Waals surface area contributed by atoms with E-state index in [0.29, 0.717) is 5.56 Å². The molecule has 0 fully saturated rings. The topological polar surface area (TPSA) is 49.3 Å². The van der Waals surface area contributed by atoms with Crippen LogP contribution < -0.4 is 5.32 Å². The van der Waals surface area contributed by atoms with E-state index in [9.17, 15) is 9.90 Å². The lowest BCUT2D eigenvalue weighted by molar-refractivity contribution is 0.0939. The van der Waals surface area contributed by atoms with Crippen LogP contribution in [-0.2, 0) is 0 Å². The molecule has 0 aliphatic rings. The molecule has 2 N–H and O–H groups in total. The number of phenolic OH excluding ortho intramolecular Hbond substituents is 1. The van der Waals surface area contributed by atoms with Crippen molar-refractivity contribution < 1.29 is 9.90 Å². The second-order valence-electron chi connectivity index (χ2n) is 4.03. The van der Waals surface area contributed by atoms with Crippen LogP contribution in [0.25, 0.3) is 0 Å². The summed E-state index contributed by atoms with van der Waals surface area (Å²) in [5.41, 5.74) is 0.466. The molecular weight excluding hydrogens is 270 g/mol. The molecule has 1 unspecified atom stereocenters. The molecule has 0 saturated heterocycles. The lowest BCUT2D eigenvalue weighted by Crippen LogP contribution is -2.32. The number of phenols is 1. The van der Waals surface area contributed by atoms with E-state index in [2.05, 4.69) is 12.2 Å². The Labute approximate surface area is 117 Å². The van der Waals surface area contributed by atoms with Gasteiger partial charge in [0.25, 0.3) is 5.91 Å². The summed E-state index contributed by atoms with van der Waals surface area (Å²) in [6, 6.07) is 4.59. The van der Waals surface area contributed by atoms with Gasteiger partial charge in [0, 0.05) is 11.6 Å². The number of hydrogen-bond donors (Lipinski definition) is 2. The minimum atomic E-state index is -0.161. The van der Waals surface area contributed by atoms with E-state index in [1.807, 2.05) is 18.7 Å². The maximum absolute atomic E-state index is 11.9. The highest BCUT2D eigenvalue weighted by Crippen LogP contribution is 2.23. The second kappa shape index (κ2) is 7.54. The Morgan fingerprint density at radius 1 is 1.56 bits per heavy atom. The molecule has 1 aromatic carbocycles. The van der Waals surface area contributed by atoms with Gasteiger partial charge in [0.1, 0.15) is 5.75 Å². The first-order valence-corrected chi connectivity index (χ1v) is 7.45. The van der Waals surface area contributed by atoms with Gasteiger partial charge in [0.05, 0.1) is 5.02 Å². The van der Waals surface area contributed by atoms with E-state index in [1.54, 1.807) is 6.07 Å². The van der Waals surface area contributed by atoms with E-state index in [0.717, 1.165) is 17.9 Å². The molecule has 5 heteroatoms. The van der Waals surface area contributed by atoms with E-state index in [1.165, 1.54) is 12.1 Å². The monoisotopic (exact) mass is 287 g/mol. The van der Waals surface area contributed by atoms with Crippen LogP contribution in [0.4, 0.5) is 0 Å². The van der Waals surface area contributed by atoms with Gasteiger partial charge in [-0.3, -0.25) is 4.79 Å². The van der Waals surface area contributed by atoms with Crippen molar-refractivity contribution in [2.75, 3.05) is 11.5 Å². The van der Waals surface area contributed by atoms with E-state index in [-0.39, 0.29) is 22.7 Å². The molecule has 0 radical (unpaired) electrons. The van der Waals surface area contributed by atoms with Crippen molar-refractivity contribution in [3.8, 4) is 5.75 Å². The summed E-state index contributed by atoms with van der Waals surface area (Å²) < 4.78 is 0. The van der Waals surface area contributed by atoms with Crippen molar-refractivity contribution in [3.05, 3.63) is 28.8 Å². The highest BCUT2D eigenvalue weighted by molar-refractivity contribution is 7.99. The molecule has 100 valence electrons. The Balaban J connectivity index is 2.51. The van der Waals surface area contributed by atoms with Gasteiger partial charge in [-0.05, 0) is 43.0 Å². The van der Waals surface area contributed by atoms with Crippen LogP contribution in [0, 0.1) is 0 Å². The predicted molar refractivity (Wildman–Crippen MR) is 77.7 cm³/mol. The van der Waals surface area contributed by atoms with Gasteiger partial charge in [-0.2, -0.15) is 11.8 Å². The average molecular weight is 288 g/mol. The molecule has 1 atom stereocenters. The zero-order chi connectivity index (χ0) is 13.5. The number of carbonyl (C=O) groups excluding carboxylic acids is 1. The van der Waals surface area contributed by atoms with Crippen LogP contribution in [-0.4, -0.2) is 28.6 Å². The maximum atomic E-state index is 11.9. The Morgan fingerprint density at radius 3 is 2.89 bits per heavy atom. The van der Waals surface area contributed by atoms with Crippen LogP contribution in [0.15, 0.2) is 18.2 Å². The van der Waals surface area contributed by atoms with E-state index < -0.39 is 0 Å². The number of amides is 1. The number of carbonyl (C=O) groups is 1. The third-order valence-electron chi connectivity index (χ3n) is 2.49. The van der Waals surface area contributed by atoms with Crippen molar-refractivity contribution in [1.29, 1.82) is 0 Å². The summed E-state index contributed by atoms with van der Waals surface area (Å²) in [4.78, 5) is 11.9. The Hall–Kier alpha value is -0.870. The third kappa shape index (κ3) is 4.78. The largest absolute Gasteiger partial charge is 0.506 e. The molecule has 0 bridgehead atoms. The average Bonchev–Trinajstić information content (AvgIpc) is 2.33. The number of hydrogen-bond acceptors (Lipinski definition) is 3. The fourth-order valence-electron chi connectivity index (χ4n) is 1.43. The zero-order valence-corrected chi connectivity index (χ0v) is 12.1. The first-order chi connectivity index (χ1) is 8.54. The van der Waals surface area contributed by atoms with Gasteiger partial charge >= 0.3 is 0 Å². The van der Waals surface area contributed by atoms with Gasteiger partial charge in [-0.15, -0.1) is 0 Å². The second-order valence-corrected chi connectivity index (χ2v) is 5.83. The van der Waals surface area contributed by atoms with Crippen LogP contribution in [0.3, 0.4) is 0 Å². The van der Waals surface area contributed by atoms with Gasteiger partial charge < -0.3 is 10.4 Å². The molecule has 0 heterocycles. The van der Waals surface area contributed by atoms with E-state index >= 15 is 0 Å². The summed E-state index contributed by atoms with van der Waals surface area (Å²) in [7, 11) is 0. The fourth-order valence-corrected chi connectivity index (χ4v) is 2.42. The molecule has 1 rings (SSSR count). The molecule has 1 amide bonds.